The van der Waals surface area contributed by atoms with E-state index in [2.05, 4.69) is 0 Å². The van der Waals surface area contributed by atoms with Gasteiger partial charge in [0.05, 0.1) is 12.2 Å². The first-order chi connectivity index (χ1) is 8.99. The Kier molecular flexibility index (Phi) is 5.89. The number of carboxylic acids is 1. The Morgan fingerprint density at radius 2 is 2.05 bits per heavy atom. The van der Waals surface area contributed by atoms with Crippen molar-refractivity contribution in [3.63, 3.8) is 0 Å². The number of carbonyl (C=O) groups is 2. The lowest BCUT2D eigenvalue weighted by atomic mass is 10.1. The van der Waals surface area contributed by atoms with Crippen molar-refractivity contribution in [1.29, 1.82) is 0 Å². The van der Waals surface area contributed by atoms with Crippen molar-refractivity contribution in [1.82, 2.24) is 0 Å². The first-order valence-corrected chi connectivity index (χ1v) is 7.04. The van der Waals surface area contributed by atoms with E-state index < -0.39 is 5.97 Å². The number of hydrogen-bond acceptors (Lipinski definition) is 4. The zero-order chi connectivity index (χ0) is 14.4. The number of carbonyl (C=O) groups excluding carboxylic acids is 1. The molecule has 0 spiro atoms. The molecular formula is C14H18O4S. The van der Waals surface area contributed by atoms with Gasteiger partial charge in [0.25, 0.3) is 0 Å². The fraction of sp³-hybridized carbons (Fsp3) is 0.429. The smallest absolute Gasteiger partial charge is 0.335 e. The molecule has 0 amide bonds. The van der Waals surface area contributed by atoms with E-state index in [1.807, 2.05) is 13.0 Å². The van der Waals surface area contributed by atoms with E-state index in [1.165, 1.54) is 11.8 Å². The van der Waals surface area contributed by atoms with Gasteiger partial charge in [-0.25, -0.2) is 4.79 Å². The molecule has 0 aliphatic heterocycles. The van der Waals surface area contributed by atoms with Crippen molar-refractivity contribution >= 4 is 23.7 Å². The maximum atomic E-state index is 11.7. The van der Waals surface area contributed by atoms with Crippen molar-refractivity contribution in [2.75, 3.05) is 6.61 Å². The molecule has 1 rings (SSSR count). The number of hydrogen-bond donors (Lipinski definition) is 1. The Balaban J connectivity index is 2.89. The molecule has 5 heteroatoms. The third kappa shape index (κ3) is 4.28. The van der Waals surface area contributed by atoms with Gasteiger partial charge in [-0.15, -0.1) is 11.8 Å². The molecule has 0 aromatic heterocycles. The molecule has 0 heterocycles. The van der Waals surface area contributed by atoms with Gasteiger partial charge in [-0.05, 0) is 38.0 Å². The van der Waals surface area contributed by atoms with E-state index in [0.717, 1.165) is 4.90 Å². The van der Waals surface area contributed by atoms with Gasteiger partial charge in [-0.1, -0.05) is 13.0 Å². The van der Waals surface area contributed by atoms with Crippen LogP contribution in [-0.2, 0) is 9.53 Å². The Hall–Kier alpha value is -1.49. The van der Waals surface area contributed by atoms with Gasteiger partial charge in [-0.2, -0.15) is 0 Å². The molecule has 1 aromatic carbocycles. The molecule has 0 radical (unpaired) electrons. The summed E-state index contributed by atoms with van der Waals surface area (Å²) in [4.78, 5) is 23.5. The van der Waals surface area contributed by atoms with Crippen LogP contribution in [0.2, 0.25) is 0 Å². The normalized spacial score (nSPS) is 11.9. The third-order valence-corrected chi connectivity index (χ3v) is 3.97. The van der Waals surface area contributed by atoms with Gasteiger partial charge < -0.3 is 9.84 Å². The lowest BCUT2D eigenvalue weighted by Crippen LogP contribution is -2.19. The summed E-state index contributed by atoms with van der Waals surface area (Å²) >= 11 is 1.34. The standard InChI is InChI=1S/C14H18O4S/c1-4-12(14(17)18-5-2)19-10-7-6-9(3)11(8-10)13(15)16/h6-8,12H,4-5H2,1-3H3,(H,15,16). The summed E-state index contributed by atoms with van der Waals surface area (Å²) in [6.07, 6.45) is 0.639. The summed E-state index contributed by atoms with van der Waals surface area (Å²) in [5, 5.41) is 8.77. The predicted molar refractivity (Wildman–Crippen MR) is 74.7 cm³/mol. The molecule has 19 heavy (non-hydrogen) atoms. The van der Waals surface area contributed by atoms with Gasteiger partial charge in [0.1, 0.15) is 5.25 Å². The summed E-state index contributed by atoms with van der Waals surface area (Å²) in [6.45, 7) is 5.77. The minimum Gasteiger partial charge on any atom is -0.478 e. The lowest BCUT2D eigenvalue weighted by molar-refractivity contribution is -0.142. The van der Waals surface area contributed by atoms with E-state index in [9.17, 15) is 9.59 Å². The van der Waals surface area contributed by atoms with Crippen molar-refractivity contribution in [2.45, 2.75) is 37.3 Å². The number of benzene rings is 1. The highest BCUT2D eigenvalue weighted by Crippen LogP contribution is 2.28. The number of aryl methyl sites for hydroxylation is 1. The zero-order valence-electron chi connectivity index (χ0n) is 11.3. The van der Waals surface area contributed by atoms with Crippen LogP contribution >= 0.6 is 11.8 Å². The Bertz CT molecular complexity index is 471. The molecular weight excluding hydrogens is 264 g/mol. The molecule has 0 saturated carbocycles. The van der Waals surface area contributed by atoms with Crippen LogP contribution in [0.5, 0.6) is 0 Å². The Labute approximate surface area is 117 Å². The SMILES string of the molecule is CCOC(=O)C(CC)Sc1ccc(C)c(C(=O)O)c1. The second-order valence-corrected chi connectivity index (χ2v) is 5.32. The van der Waals surface area contributed by atoms with Gasteiger partial charge in [0.2, 0.25) is 0 Å². The number of carboxylic acid groups (broad SMARTS) is 1. The number of thioether (sulfide) groups is 1. The van der Waals surface area contributed by atoms with E-state index in [-0.39, 0.29) is 16.8 Å². The summed E-state index contributed by atoms with van der Waals surface area (Å²) in [5.41, 5.74) is 0.977. The molecule has 0 bridgehead atoms. The lowest BCUT2D eigenvalue weighted by Gasteiger charge is -2.13. The van der Waals surface area contributed by atoms with Crippen LogP contribution in [0.25, 0.3) is 0 Å². The van der Waals surface area contributed by atoms with Crippen LogP contribution in [0, 0.1) is 6.92 Å². The van der Waals surface area contributed by atoms with E-state index in [1.54, 1.807) is 26.0 Å². The van der Waals surface area contributed by atoms with Crippen molar-refractivity contribution < 1.29 is 19.4 Å². The van der Waals surface area contributed by atoms with Crippen LogP contribution in [-0.4, -0.2) is 28.9 Å². The number of esters is 1. The minimum atomic E-state index is -0.955. The highest BCUT2D eigenvalue weighted by molar-refractivity contribution is 8.00. The average molecular weight is 282 g/mol. The molecule has 0 aliphatic carbocycles. The molecule has 1 atom stereocenters. The fourth-order valence-electron chi connectivity index (χ4n) is 1.60. The topological polar surface area (TPSA) is 63.6 Å². The summed E-state index contributed by atoms with van der Waals surface area (Å²) < 4.78 is 4.99. The minimum absolute atomic E-state index is 0.257. The van der Waals surface area contributed by atoms with Gasteiger partial charge >= 0.3 is 11.9 Å². The second-order valence-electron chi connectivity index (χ2n) is 4.05. The maximum absolute atomic E-state index is 11.7. The number of aromatic carboxylic acids is 1. The van der Waals surface area contributed by atoms with Gasteiger partial charge in [0.15, 0.2) is 0 Å². The fourth-order valence-corrected chi connectivity index (χ4v) is 2.59. The van der Waals surface area contributed by atoms with Crippen molar-refractivity contribution in [3.05, 3.63) is 29.3 Å². The molecule has 0 saturated heterocycles. The van der Waals surface area contributed by atoms with Crippen LogP contribution in [0.1, 0.15) is 36.2 Å². The number of rotatable bonds is 6. The van der Waals surface area contributed by atoms with E-state index >= 15 is 0 Å². The Morgan fingerprint density at radius 1 is 1.37 bits per heavy atom. The summed E-state index contributed by atoms with van der Waals surface area (Å²) in [7, 11) is 0. The summed E-state index contributed by atoms with van der Waals surface area (Å²) in [6, 6.07) is 5.18. The first-order valence-electron chi connectivity index (χ1n) is 6.16. The van der Waals surface area contributed by atoms with Crippen LogP contribution in [0.3, 0.4) is 0 Å². The molecule has 1 aromatic rings. The van der Waals surface area contributed by atoms with Gasteiger partial charge in [0, 0.05) is 4.90 Å². The summed E-state index contributed by atoms with van der Waals surface area (Å²) in [5.74, 6) is -1.21. The van der Waals surface area contributed by atoms with E-state index in [4.69, 9.17) is 9.84 Å². The highest BCUT2D eigenvalue weighted by Gasteiger charge is 2.19. The third-order valence-electron chi connectivity index (χ3n) is 2.64. The van der Waals surface area contributed by atoms with Crippen LogP contribution in [0.15, 0.2) is 23.1 Å². The highest BCUT2D eigenvalue weighted by atomic mass is 32.2. The van der Waals surface area contributed by atoms with E-state index in [0.29, 0.717) is 18.6 Å². The molecule has 0 fully saturated rings. The quantitative estimate of drug-likeness (QED) is 0.641. The second kappa shape index (κ2) is 7.19. The largest absolute Gasteiger partial charge is 0.478 e. The molecule has 104 valence electrons. The average Bonchev–Trinajstić information content (AvgIpc) is 2.37. The van der Waals surface area contributed by atoms with Crippen molar-refractivity contribution in [3.8, 4) is 0 Å². The molecule has 1 unspecified atom stereocenters. The van der Waals surface area contributed by atoms with Crippen molar-refractivity contribution in [2.24, 2.45) is 0 Å². The first kappa shape index (κ1) is 15.6. The van der Waals surface area contributed by atoms with Gasteiger partial charge in [-0.3, -0.25) is 4.79 Å². The zero-order valence-corrected chi connectivity index (χ0v) is 12.1. The number of ether oxygens (including phenoxy) is 1. The monoisotopic (exact) mass is 282 g/mol. The molecule has 1 N–H and O–H groups in total. The molecule has 0 aliphatic rings. The maximum Gasteiger partial charge on any atom is 0.335 e. The molecule has 4 nitrogen and oxygen atoms in total. The predicted octanol–water partition coefficient (Wildman–Crippen LogP) is 3.13. The Morgan fingerprint density at radius 3 is 2.58 bits per heavy atom. The van der Waals surface area contributed by atoms with Crippen LogP contribution in [0.4, 0.5) is 0 Å². The van der Waals surface area contributed by atoms with Crippen LogP contribution < -0.4 is 0 Å².